The number of ether oxygens (including phenoxy) is 2. The normalized spacial score (nSPS) is 10.7. The molecule has 2 aromatic rings. The number of carboxylic acids is 1. The van der Waals surface area contributed by atoms with E-state index in [9.17, 15) is 9.59 Å². The Morgan fingerprint density at radius 3 is 2.48 bits per heavy atom. The fraction of sp³-hybridized carbons (Fsp3) is 0.200. The molecule has 0 aliphatic carbocycles. The Labute approximate surface area is 146 Å². The van der Waals surface area contributed by atoms with Gasteiger partial charge in [-0.1, -0.05) is 29.8 Å². The first-order valence-electron chi connectivity index (χ1n) is 7.73. The summed E-state index contributed by atoms with van der Waals surface area (Å²) in [5.74, 6) is -0.673. The van der Waals surface area contributed by atoms with Crippen molar-refractivity contribution in [1.29, 1.82) is 0 Å². The van der Waals surface area contributed by atoms with E-state index in [-0.39, 0.29) is 11.5 Å². The van der Waals surface area contributed by atoms with Crippen molar-refractivity contribution in [2.75, 3.05) is 13.7 Å². The molecule has 25 heavy (non-hydrogen) atoms. The van der Waals surface area contributed by atoms with Crippen molar-refractivity contribution >= 4 is 17.8 Å². The van der Waals surface area contributed by atoms with Crippen molar-refractivity contribution in [2.24, 2.45) is 0 Å². The molecule has 2 aromatic carbocycles. The molecule has 0 radical (unpaired) electrons. The fourth-order valence-electron chi connectivity index (χ4n) is 2.35. The van der Waals surface area contributed by atoms with Gasteiger partial charge in [0.2, 0.25) is 0 Å². The summed E-state index contributed by atoms with van der Waals surface area (Å²) in [6, 6.07) is 10.7. The molecule has 0 unspecified atom stereocenters. The van der Waals surface area contributed by atoms with E-state index in [0.29, 0.717) is 11.3 Å². The van der Waals surface area contributed by atoms with Gasteiger partial charge in [0.1, 0.15) is 0 Å². The van der Waals surface area contributed by atoms with Crippen LogP contribution in [0.4, 0.5) is 0 Å². The largest absolute Gasteiger partial charge is 0.493 e. The second-order valence-electron chi connectivity index (χ2n) is 5.61. The highest BCUT2D eigenvalue weighted by atomic mass is 16.5. The molecule has 0 saturated carbocycles. The Balaban J connectivity index is 2.18. The van der Waals surface area contributed by atoms with Gasteiger partial charge < -0.3 is 14.6 Å². The van der Waals surface area contributed by atoms with Crippen LogP contribution in [0.3, 0.4) is 0 Å². The van der Waals surface area contributed by atoms with Gasteiger partial charge in [-0.2, -0.15) is 0 Å². The highest BCUT2D eigenvalue weighted by Gasteiger charge is 2.11. The molecule has 5 nitrogen and oxygen atoms in total. The van der Waals surface area contributed by atoms with Gasteiger partial charge in [-0.15, -0.1) is 0 Å². The van der Waals surface area contributed by atoms with E-state index >= 15 is 0 Å². The summed E-state index contributed by atoms with van der Waals surface area (Å²) in [6.07, 6.45) is 3.28. The zero-order valence-electron chi connectivity index (χ0n) is 14.4. The zero-order valence-corrected chi connectivity index (χ0v) is 14.4. The molecule has 0 heterocycles. The summed E-state index contributed by atoms with van der Waals surface area (Å²) in [5.41, 5.74) is 3.68. The summed E-state index contributed by atoms with van der Waals surface area (Å²) in [5, 5.41) is 8.67. The zero-order chi connectivity index (χ0) is 18.4. The number of hydrogen-bond acceptors (Lipinski definition) is 4. The number of ketones is 1. The standard InChI is InChI=1S/C20H20O5/c1-13-4-5-15(14(2)10-13)6-8-17(21)16-7-9-18(19(11-16)24-3)25-12-20(22)23/h4-11H,12H2,1-3H3,(H,22,23)/b8-6+. The lowest BCUT2D eigenvalue weighted by Crippen LogP contribution is -2.10. The summed E-state index contributed by atoms with van der Waals surface area (Å²) in [4.78, 5) is 23.0. The molecule has 1 N–H and O–H groups in total. The van der Waals surface area contributed by atoms with Crippen molar-refractivity contribution in [3.8, 4) is 11.5 Å². The van der Waals surface area contributed by atoms with Crippen LogP contribution in [0.15, 0.2) is 42.5 Å². The van der Waals surface area contributed by atoms with Gasteiger partial charge in [-0.25, -0.2) is 4.79 Å². The minimum atomic E-state index is -1.08. The summed E-state index contributed by atoms with van der Waals surface area (Å²) in [6.45, 7) is 3.54. The number of aryl methyl sites for hydroxylation is 2. The second-order valence-corrected chi connectivity index (χ2v) is 5.61. The second kappa shape index (κ2) is 8.15. The van der Waals surface area contributed by atoms with E-state index in [1.807, 2.05) is 26.0 Å². The number of rotatable bonds is 7. The lowest BCUT2D eigenvalue weighted by atomic mass is 10.0. The Morgan fingerprint density at radius 1 is 1.08 bits per heavy atom. The van der Waals surface area contributed by atoms with Crippen LogP contribution >= 0.6 is 0 Å². The number of carbonyl (C=O) groups is 2. The van der Waals surface area contributed by atoms with Crippen LogP contribution in [0.1, 0.15) is 27.0 Å². The molecular weight excluding hydrogens is 320 g/mol. The van der Waals surface area contributed by atoms with E-state index in [1.54, 1.807) is 12.1 Å². The number of carboxylic acid groups (broad SMARTS) is 1. The molecule has 0 aromatic heterocycles. The van der Waals surface area contributed by atoms with Gasteiger partial charge in [0.15, 0.2) is 23.9 Å². The quantitative estimate of drug-likeness (QED) is 0.615. The van der Waals surface area contributed by atoms with Crippen molar-refractivity contribution in [3.05, 3.63) is 64.7 Å². The minimum Gasteiger partial charge on any atom is -0.493 e. The van der Waals surface area contributed by atoms with Crippen molar-refractivity contribution in [3.63, 3.8) is 0 Å². The highest BCUT2D eigenvalue weighted by molar-refractivity contribution is 6.07. The van der Waals surface area contributed by atoms with Crippen molar-refractivity contribution in [2.45, 2.75) is 13.8 Å². The number of hydrogen-bond donors (Lipinski definition) is 1. The molecule has 0 aliphatic heterocycles. The molecule has 0 fully saturated rings. The number of carbonyl (C=O) groups excluding carboxylic acids is 1. The summed E-state index contributed by atoms with van der Waals surface area (Å²) in [7, 11) is 1.43. The Bertz CT molecular complexity index is 821. The predicted molar refractivity (Wildman–Crippen MR) is 95.4 cm³/mol. The monoisotopic (exact) mass is 340 g/mol. The molecule has 0 aliphatic rings. The van der Waals surface area contributed by atoms with E-state index < -0.39 is 12.6 Å². The van der Waals surface area contributed by atoms with Crippen LogP contribution in [0.5, 0.6) is 11.5 Å². The van der Waals surface area contributed by atoms with Crippen LogP contribution in [-0.4, -0.2) is 30.6 Å². The first-order valence-corrected chi connectivity index (χ1v) is 7.73. The molecule has 2 rings (SSSR count). The van der Waals surface area contributed by atoms with Crippen LogP contribution in [0, 0.1) is 13.8 Å². The topological polar surface area (TPSA) is 72.8 Å². The van der Waals surface area contributed by atoms with Gasteiger partial charge in [0.05, 0.1) is 7.11 Å². The third kappa shape index (κ3) is 4.94. The predicted octanol–water partition coefficient (Wildman–Crippen LogP) is 3.67. The van der Waals surface area contributed by atoms with E-state index in [1.165, 1.54) is 30.9 Å². The molecule has 0 atom stereocenters. The van der Waals surface area contributed by atoms with Gasteiger partial charge in [-0.3, -0.25) is 4.79 Å². The van der Waals surface area contributed by atoms with Gasteiger partial charge in [0.25, 0.3) is 0 Å². The maximum atomic E-state index is 12.4. The first-order chi connectivity index (χ1) is 11.9. The third-order valence-corrected chi connectivity index (χ3v) is 3.64. The average molecular weight is 340 g/mol. The smallest absolute Gasteiger partial charge is 0.341 e. The molecule has 5 heteroatoms. The number of aliphatic carboxylic acids is 1. The van der Waals surface area contributed by atoms with Gasteiger partial charge in [0, 0.05) is 5.56 Å². The lowest BCUT2D eigenvalue weighted by Gasteiger charge is -2.10. The Morgan fingerprint density at radius 2 is 1.84 bits per heavy atom. The summed E-state index contributed by atoms with van der Waals surface area (Å²) < 4.78 is 10.3. The first kappa shape index (κ1) is 18.3. The maximum Gasteiger partial charge on any atom is 0.341 e. The van der Waals surface area contributed by atoms with E-state index in [4.69, 9.17) is 14.6 Å². The van der Waals surface area contributed by atoms with Crippen molar-refractivity contribution < 1.29 is 24.2 Å². The molecule has 0 bridgehead atoms. The van der Waals surface area contributed by atoms with Crippen LogP contribution in [0.2, 0.25) is 0 Å². The number of benzene rings is 2. The Kier molecular flexibility index (Phi) is 5.95. The fourth-order valence-corrected chi connectivity index (χ4v) is 2.35. The van der Waals surface area contributed by atoms with E-state index in [0.717, 1.165) is 11.1 Å². The van der Waals surface area contributed by atoms with Gasteiger partial charge in [-0.05, 0) is 49.2 Å². The maximum absolute atomic E-state index is 12.4. The lowest BCUT2D eigenvalue weighted by molar-refractivity contribution is -0.139. The molecule has 130 valence electrons. The van der Waals surface area contributed by atoms with Crippen molar-refractivity contribution in [1.82, 2.24) is 0 Å². The number of allylic oxidation sites excluding steroid dienone is 1. The third-order valence-electron chi connectivity index (χ3n) is 3.64. The molecular formula is C20H20O5. The highest BCUT2D eigenvalue weighted by Crippen LogP contribution is 2.28. The van der Waals surface area contributed by atoms with Crippen LogP contribution in [0.25, 0.3) is 6.08 Å². The average Bonchev–Trinajstić information content (AvgIpc) is 2.58. The molecule has 0 amide bonds. The molecule has 0 spiro atoms. The van der Waals surface area contributed by atoms with Gasteiger partial charge >= 0.3 is 5.97 Å². The van der Waals surface area contributed by atoms with Crippen LogP contribution < -0.4 is 9.47 Å². The van der Waals surface area contributed by atoms with E-state index in [2.05, 4.69) is 6.07 Å². The molecule has 0 saturated heterocycles. The van der Waals surface area contributed by atoms with Crippen LogP contribution in [-0.2, 0) is 4.79 Å². The minimum absolute atomic E-state index is 0.178. The summed E-state index contributed by atoms with van der Waals surface area (Å²) >= 11 is 0. The SMILES string of the molecule is COc1cc(C(=O)/C=C/c2ccc(C)cc2C)ccc1OCC(=O)O. The number of methoxy groups -OCH3 is 1. The Hall–Kier alpha value is -3.08.